The number of aromatic nitrogens is 2. The first kappa shape index (κ1) is 27.6. The number of pyridine rings is 1. The lowest BCUT2D eigenvalue weighted by molar-refractivity contribution is -0.116. The highest BCUT2D eigenvalue weighted by molar-refractivity contribution is 7.80. The molecule has 1 amide bonds. The van der Waals surface area contributed by atoms with Gasteiger partial charge in [0.2, 0.25) is 5.91 Å². The number of aryl methyl sites for hydroxylation is 4. The molecule has 6 nitrogen and oxygen atoms in total. The third kappa shape index (κ3) is 5.39. The molecule has 3 heterocycles. The monoisotopic (exact) mass is 551 g/mol. The van der Waals surface area contributed by atoms with Gasteiger partial charge in [0.05, 0.1) is 17.8 Å². The van der Waals surface area contributed by atoms with E-state index in [0.717, 1.165) is 28.9 Å². The lowest BCUT2D eigenvalue weighted by Gasteiger charge is -2.28. The highest BCUT2D eigenvalue weighted by Gasteiger charge is 2.41. The summed E-state index contributed by atoms with van der Waals surface area (Å²) in [6.45, 7) is 11.1. The van der Waals surface area contributed by atoms with Crippen molar-refractivity contribution in [2.45, 2.75) is 59.5 Å². The van der Waals surface area contributed by atoms with Crippen LogP contribution in [0.1, 0.15) is 64.8 Å². The molecule has 0 saturated carbocycles. The number of hydrogen-bond donors (Lipinski definition) is 2. The van der Waals surface area contributed by atoms with Crippen LogP contribution in [0.4, 0.5) is 5.69 Å². The number of benzene rings is 2. The van der Waals surface area contributed by atoms with E-state index in [9.17, 15) is 4.79 Å². The molecule has 0 bridgehead atoms. The van der Waals surface area contributed by atoms with Gasteiger partial charge in [0.25, 0.3) is 0 Å². The van der Waals surface area contributed by atoms with Gasteiger partial charge in [-0.05, 0) is 98.9 Å². The van der Waals surface area contributed by atoms with Gasteiger partial charge in [0.1, 0.15) is 0 Å². The van der Waals surface area contributed by atoms with Crippen molar-refractivity contribution < 1.29 is 4.79 Å². The Labute approximate surface area is 242 Å². The number of rotatable bonds is 8. The van der Waals surface area contributed by atoms with E-state index < -0.39 is 0 Å². The first-order chi connectivity index (χ1) is 19.3. The number of nitrogens with one attached hydrogen (secondary N) is 2. The summed E-state index contributed by atoms with van der Waals surface area (Å²) >= 11 is 5.88. The summed E-state index contributed by atoms with van der Waals surface area (Å²) in [7, 11) is 0. The summed E-state index contributed by atoms with van der Waals surface area (Å²) in [6, 6.07) is 22.7. The number of carbonyl (C=O) groups is 1. The standard InChI is InChI=1S/C33H37N5OS/c1-6-25-11-7-8-13-29(25)38-23(4)20-26(24(38)5)32-31(27-12-9-10-17-34-27)36-33(40)37(32)18-16-30(39)35-28-19-21(2)14-15-22(28)3/h7-15,17,19-20,31-32H,6,16,18H2,1-5H3,(H,35,39)(H,36,40)/t31-,32-/m1/s1. The van der Waals surface area contributed by atoms with Crippen molar-refractivity contribution in [1.29, 1.82) is 0 Å². The third-order valence-corrected chi connectivity index (χ3v) is 8.20. The molecule has 7 heteroatoms. The van der Waals surface area contributed by atoms with Crippen LogP contribution in [0.25, 0.3) is 5.69 Å². The topological polar surface area (TPSA) is 62.2 Å². The zero-order chi connectivity index (χ0) is 28.4. The quantitative estimate of drug-likeness (QED) is 0.240. The summed E-state index contributed by atoms with van der Waals surface area (Å²) in [5.41, 5.74) is 9.96. The smallest absolute Gasteiger partial charge is 0.226 e. The number of nitrogens with zero attached hydrogens (tertiary/aromatic N) is 3. The van der Waals surface area contributed by atoms with Crippen LogP contribution >= 0.6 is 12.2 Å². The molecule has 2 N–H and O–H groups in total. The Hall–Kier alpha value is -3.97. The molecule has 1 fully saturated rings. The molecular formula is C33H37N5OS. The molecule has 2 aromatic heterocycles. The molecule has 4 aromatic rings. The summed E-state index contributed by atoms with van der Waals surface area (Å²) in [4.78, 5) is 19.9. The number of amides is 1. The maximum Gasteiger partial charge on any atom is 0.226 e. The Morgan fingerprint density at radius 1 is 1.02 bits per heavy atom. The highest BCUT2D eigenvalue weighted by atomic mass is 32.1. The molecular weight excluding hydrogens is 514 g/mol. The van der Waals surface area contributed by atoms with Crippen LogP contribution in [-0.2, 0) is 11.2 Å². The average molecular weight is 552 g/mol. The molecule has 1 aliphatic heterocycles. The van der Waals surface area contributed by atoms with Gasteiger partial charge in [0, 0.05) is 41.9 Å². The molecule has 1 aliphatic rings. The number of hydrogen-bond acceptors (Lipinski definition) is 3. The Bertz CT molecular complexity index is 1540. The zero-order valence-electron chi connectivity index (χ0n) is 23.9. The van der Waals surface area contributed by atoms with Gasteiger partial charge >= 0.3 is 0 Å². The van der Waals surface area contributed by atoms with Crippen molar-refractivity contribution in [2.24, 2.45) is 0 Å². The Morgan fingerprint density at radius 2 is 1.80 bits per heavy atom. The van der Waals surface area contributed by atoms with Gasteiger partial charge in [-0.1, -0.05) is 43.3 Å². The first-order valence-electron chi connectivity index (χ1n) is 13.9. The summed E-state index contributed by atoms with van der Waals surface area (Å²) in [5.74, 6) is -0.0288. The largest absolute Gasteiger partial charge is 0.352 e. The van der Waals surface area contributed by atoms with Gasteiger partial charge in [-0.2, -0.15) is 0 Å². The minimum absolute atomic E-state index is 0.0288. The first-order valence-corrected chi connectivity index (χ1v) is 14.3. The maximum atomic E-state index is 13.1. The van der Waals surface area contributed by atoms with Gasteiger partial charge < -0.3 is 20.1 Å². The van der Waals surface area contributed by atoms with E-state index in [4.69, 9.17) is 12.2 Å². The molecule has 2 atom stereocenters. The van der Waals surface area contributed by atoms with E-state index in [2.05, 4.69) is 82.3 Å². The molecule has 206 valence electrons. The van der Waals surface area contributed by atoms with Gasteiger partial charge in [-0.15, -0.1) is 0 Å². The highest BCUT2D eigenvalue weighted by Crippen LogP contribution is 2.41. The SMILES string of the molecule is CCc1ccccc1-n1c(C)cc([C@@H]2[C@@H](c3ccccn3)NC(=S)N2CCC(=O)Nc2cc(C)ccc2C)c1C. The van der Waals surface area contributed by atoms with Crippen molar-refractivity contribution >= 4 is 28.9 Å². The summed E-state index contributed by atoms with van der Waals surface area (Å²) < 4.78 is 2.34. The molecule has 0 unspecified atom stereocenters. The minimum Gasteiger partial charge on any atom is -0.352 e. The van der Waals surface area contributed by atoms with E-state index in [1.165, 1.54) is 28.2 Å². The molecule has 0 spiro atoms. The second-order valence-electron chi connectivity index (χ2n) is 10.6. The van der Waals surface area contributed by atoms with E-state index >= 15 is 0 Å². The molecule has 0 aliphatic carbocycles. The van der Waals surface area contributed by atoms with Crippen LogP contribution < -0.4 is 10.6 Å². The van der Waals surface area contributed by atoms with Crippen LogP contribution in [0.15, 0.2) is 72.9 Å². The Balaban J connectivity index is 1.48. The van der Waals surface area contributed by atoms with Crippen LogP contribution in [0, 0.1) is 27.7 Å². The second-order valence-corrected chi connectivity index (χ2v) is 11.0. The fourth-order valence-corrected chi connectivity index (χ4v) is 6.11. The molecule has 40 heavy (non-hydrogen) atoms. The Morgan fingerprint density at radius 3 is 2.55 bits per heavy atom. The van der Waals surface area contributed by atoms with Crippen LogP contribution in [0.2, 0.25) is 0 Å². The van der Waals surface area contributed by atoms with E-state index in [1.54, 1.807) is 0 Å². The lowest BCUT2D eigenvalue weighted by atomic mass is 9.96. The van der Waals surface area contributed by atoms with Crippen LogP contribution in [-0.4, -0.2) is 32.0 Å². The Kier molecular flexibility index (Phi) is 8.03. The van der Waals surface area contributed by atoms with Crippen molar-refractivity contribution in [3.63, 3.8) is 0 Å². The lowest BCUT2D eigenvalue weighted by Crippen LogP contribution is -2.33. The van der Waals surface area contributed by atoms with E-state index in [0.29, 0.717) is 18.1 Å². The average Bonchev–Trinajstić information content (AvgIpc) is 3.44. The van der Waals surface area contributed by atoms with Crippen molar-refractivity contribution in [2.75, 3.05) is 11.9 Å². The van der Waals surface area contributed by atoms with Gasteiger partial charge in [-0.25, -0.2) is 0 Å². The van der Waals surface area contributed by atoms with Crippen molar-refractivity contribution in [3.8, 4) is 5.69 Å². The van der Waals surface area contributed by atoms with Gasteiger partial charge in [-0.3, -0.25) is 9.78 Å². The molecule has 1 saturated heterocycles. The number of para-hydroxylation sites is 1. The minimum atomic E-state index is -0.133. The number of anilines is 1. The zero-order valence-corrected chi connectivity index (χ0v) is 24.7. The summed E-state index contributed by atoms with van der Waals surface area (Å²) in [5, 5.41) is 7.27. The van der Waals surface area contributed by atoms with Crippen LogP contribution in [0.5, 0.6) is 0 Å². The summed E-state index contributed by atoms with van der Waals surface area (Å²) in [6.07, 6.45) is 3.09. The third-order valence-electron chi connectivity index (χ3n) is 7.85. The van der Waals surface area contributed by atoms with E-state index in [1.807, 2.05) is 50.4 Å². The second kappa shape index (κ2) is 11.6. The normalized spacial score (nSPS) is 16.7. The van der Waals surface area contributed by atoms with Gasteiger partial charge in [0.15, 0.2) is 5.11 Å². The molecule has 5 rings (SSSR count). The molecule has 0 radical (unpaired) electrons. The van der Waals surface area contributed by atoms with E-state index in [-0.39, 0.29) is 18.0 Å². The number of carbonyl (C=O) groups excluding carboxylic acids is 1. The molecule has 2 aromatic carbocycles. The number of thiocarbonyl (C=S) groups is 1. The fourth-order valence-electron chi connectivity index (χ4n) is 5.78. The van der Waals surface area contributed by atoms with Crippen molar-refractivity contribution in [1.82, 2.24) is 19.8 Å². The maximum absolute atomic E-state index is 13.1. The fraction of sp³-hybridized carbons (Fsp3) is 0.303. The predicted octanol–water partition coefficient (Wildman–Crippen LogP) is 6.67. The van der Waals surface area contributed by atoms with Crippen molar-refractivity contribution in [3.05, 3.63) is 112 Å². The predicted molar refractivity (Wildman–Crippen MR) is 166 cm³/mol. The van der Waals surface area contributed by atoms with Crippen LogP contribution in [0.3, 0.4) is 0 Å².